The van der Waals surface area contributed by atoms with Crippen LogP contribution in [-0.4, -0.2) is 28.7 Å². The van der Waals surface area contributed by atoms with E-state index in [1.54, 1.807) is 0 Å². The molecule has 1 aliphatic heterocycles. The third-order valence-corrected chi connectivity index (χ3v) is 2.70. The zero-order chi connectivity index (χ0) is 11.0. The minimum Gasteiger partial charge on any atom is -0.356 e. The van der Waals surface area contributed by atoms with E-state index in [1.165, 1.54) is 13.1 Å². The van der Waals surface area contributed by atoms with Crippen molar-refractivity contribution in [1.82, 2.24) is 9.55 Å². The van der Waals surface area contributed by atoms with Crippen molar-refractivity contribution in [3.05, 3.63) is 26.9 Å². The lowest BCUT2D eigenvalue weighted by Crippen LogP contribution is -2.35. The number of aromatic amines is 1. The summed E-state index contributed by atoms with van der Waals surface area (Å²) in [5.74, 6) is 0.566. The standard InChI is InChI=1S/C9H14N4O2.ClH/c1-12-8(14)4-7(11-9(12)15)13-3-2-6(10)5-13;/h4,6H,2-3,5,10H2,1H3,(H,11,15);1H/t6-;/m1./s1. The van der Waals surface area contributed by atoms with Gasteiger partial charge >= 0.3 is 5.69 Å². The van der Waals surface area contributed by atoms with Crippen LogP contribution in [0, 0.1) is 0 Å². The largest absolute Gasteiger partial charge is 0.356 e. The highest BCUT2D eigenvalue weighted by Gasteiger charge is 2.20. The second-order valence-electron chi connectivity index (χ2n) is 3.85. The van der Waals surface area contributed by atoms with Gasteiger partial charge in [0, 0.05) is 32.2 Å². The van der Waals surface area contributed by atoms with Crippen LogP contribution in [-0.2, 0) is 7.05 Å². The third-order valence-electron chi connectivity index (χ3n) is 2.70. The molecule has 0 amide bonds. The van der Waals surface area contributed by atoms with Crippen molar-refractivity contribution in [2.75, 3.05) is 18.0 Å². The first-order valence-corrected chi connectivity index (χ1v) is 4.89. The number of halogens is 1. The maximum atomic E-state index is 11.4. The van der Waals surface area contributed by atoms with Crippen LogP contribution in [0.25, 0.3) is 0 Å². The van der Waals surface area contributed by atoms with E-state index in [1.807, 2.05) is 4.90 Å². The molecule has 1 saturated heterocycles. The van der Waals surface area contributed by atoms with Gasteiger partial charge in [-0.2, -0.15) is 0 Å². The Morgan fingerprint density at radius 3 is 2.69 bits per heavy atom. The average molecular weight is 247 g/mol. The molecule has 90 valence electrons. The molecule has 0 unspecified atom stereocenters. The van der Waals surface area contributed by atoms with Crippen LogP contribution in [0.15, 0.2) is 15.7 Å². The molecule has 2 heterocycles. The highest BCUT2D eigenvalue weighted by molar-refractivity contribution is 5.85. The lowest BCUT2D eigenvalue weighted by atomic mass is 10.3. The van der Waals surface area contributed by atoms with Gasteiger partial charge in [0.05, 0.1) is 0 Å². The zero-order valence-electron chi connectivity index (χ0n) is 8.97. The number of anilines is 1. The van der Waals surface area contributed by atoms with Crippen molar-refractivity contribution >= 4 is 18.2 Å². The SMILES string of the molecule is Cl.Cn1c(=O)cc(N2CC[C@@H](N)C2)[nH]c1=O. The van der Waals surface area contributed by atoms with Crippen LogP contribution in [0.3, 0.4) is 0 Å². The molecule has 1 aliphatic rings. The molecule has 7 heteroatoms. The molecule has 1 aromatic heterocycles. The predicted molar refractivity (Wildman–Crippen MR) is 64.4 cm³/mol. The van der Waals surface area contributed by atoms with E-state index < -0.39 is 5.69 Å². The van der Waals surface area contributed by atoms with E-state index >= 15 is 0 Å². The van der Waals surface area contributed by atoms with Gasteiger partial charge in [-0.15, -0.1) is 12.4 Å². The van der Waals surface area contributed by atoms with Gasteiger partial charge in [-0.1, -0.05) is 0 Å². The summed E-state index contributed by atoms with van der Waals surface area (Å²) in [5, 5.41) is 0. The zero-order valence-corrected chi connectivity index (χ0v) is 9.79. The number of hydrogen-bond donors (Lipinski definition) is 2. The minimum absolute atomic E-state index is 0. The van der Waals surface area contributed by atoms with Gasteiger partial charge in [0.25, 0.3) is 5.56 Å². The van der Waals surface area contributed by atoms with E-state index in [4.69, 9.17) is 5.73 Å². The van der Waals surface area contributed by atoms with Gasteiger partial charge in [0.1, 0.15) is 5.82 Å². The average Bonchev–Trinajstić information content (AvgIpc) is 2.60. The summed E-state index contributed by atoms with van der Waals surface area (Å²) < 4.78 is 1.04. The Bertz CT molecular complexity index is 450. The first-order valence-electron chi connectivity index (χ1n) is 4.89. The van der Waals surface area contributed by atoms with Gasteiger partial charge in [0.2, 0.25) is 0 Å². The van der Waals surface area contributed by atoms with Gasteiger partial charge in [-0.05, 0) is 6.42 Å². The summed E-state index contributed by atoms with van der Waals surface area (Å²) in [4.78, 5) is 27.3. The minimum atomic E-state index is -0.391. The molecule has 3 N–H and O–H groups in total. The van der Waals surface area contributed by atoms with Gasteiger partial charge in [0.15, 0.2) is 0 Å². The van der Waals surface area contributed by atoms with Crippen molar-refractivity contribution in [3.8, 4) is 0 Å². The first-order chi connectivity index (χ1) is 7.08. The fourth-order valence-electron chi connectivity index (χ4n) is 1.72. The molecule has 6 nitrogen and oxygen atoms in total. The van der Waals surface area contributed by atoms with Crippen molar-refractivity contribution < 1.29 is 0 Å². The summed E-state index contributed by atoms with van der Waals surface area (Å²) >= 11 is 0. The Hall–Kier alpha value is -1.27. The molecule has 1 atom stereocenters. The lowest BCUT2D eigenvalue weighted by Gasteiger charge is -2.16. The van der Waals surface area contributed by atoms with Crippen LogP contribution < -0.4 is 21.9 Å². The quantitative estimate of drug-likeness (QED) is 0.668. The van der Waals surface area contributed by atoms with Crippen LogP contribution in [0.4, 0.5) is 5.82 Å². The van der Waals surface area contributed by atoms with Crippen LogP contribution >= 0.6 is 12.4 Å². The number of nitrogens with one attached hydrogen (secondary N) is 1. The maximum Gasteiger partial charge on any atom is 0.329 e. The van der Waals surface area contributed by atoms with Crippen molar-refractivity contribution in [1.29, 1.82) is 0 Å². The second-order valence-corrected chi connectivity index (χ2v) is 3.85. The van der Waals surface area contributed by atoms with E-state index in [9.17, 15) is 9.59 Å². The van der Waals surface area contributed by atoms with E-state index in [0.29, 0.717) is 12.4 Å². The van der Waals surface area contributed by atoms with E-state index in [-0.39, 0.29) is 24.0 Å². The molecular weight excluding hydrogens is 232 g/mol. The third kappa shape index (κ3) is 2.28. The molecule has 1 aromatic rings. The summed E-state index contributed by atoms with van der Waals surface area (Å²) in [6.07, 6.45) is 0.886. The van der Waals surface area contributed by atoms with Crippen LogP contribution in [0.1, 0.15) is 6.42 Å². The van der Waals surface area contributed by atoms with Gasteiger partial charge in [-0.25, -0.2) is 4.79 Å². The Morgan fingerprint density at radius 1 is 1.50 bits per heavy atom. The Morgan fingerprint density at radius 2 is 2.19 bits per heavy atom. The fraction of sp³-hybridized carbons (Fsp3) is 0.556. The van der Waals surface area contributed by atoms with Gasteiger partial charge in [-0.3, -0.25) is 14.3 Å². The molecular formula is C9H15ClN4O2. The molecule has 0 aromatic carbocycles. The smallest absolute Gasteiger partial charge is 0.329 e. The summed E-state index contributed by atoms with van der Waals surface area (Å²) in [5.41, 5.74) is 5.06. The summed E-state index contributed by atoms with van der Waals surface area (Å²) in [6.45, 7) is 1.47. The maximum absolute atomic E-state index is 11.4. The molecule has 0 spiro atoms. The van der Waals surface area contributed by atoms with Crippen molar-refractivity contribution in [3.63, 3.8) is 0 Å². The predicted octanol–water partition coefficient (Wildman–Crippen LogP) is -0.967. The molecule has 0 bridgehead atoms. The molecule has 0 aliphatic carbocycles. The number of nitrogens with two attached hydrogens (primary N) is 1. The van der Waals surface area contributed by atoms with Crippen molar-refractivity contribution in [2.24, 2.45) is 12.8 Å². The highest BCUT2D eigenvalue weighted by atomic mass is 35.5. The highest BCUT2D eigenvalue weighted by Crippen LogP contribution is 2.13. The van der Waals surface area contributed by atoms with E-state index in [0.717, 1.165) is 17.5 Å². The lowest BCUT2D eigenvalue weighted by molar-refractivity contribution is 0.744. The number of H-pyrrole nitrogens is 1. The number of rotatable bonds is 1. The normalized spacial score (nSPS) is 19.6. The molecule has 1 fully saturated rings. The molecule has 16 heavy (non-hydrogen) atoms. The van der Waals surface area contributed by atoms with E-state index in [2.05, 4.69) is 4.98 Å². The van der Waals surface area contributed by atoms with Crippen molar-refractivity contribution in [2.45, 2.75) is 12.5 Å². The number of hydrogen-bond acceptors (Lipinski definition) is 4. The molecule has 2 rings (SSSR count). The summed E-state index contributed by atoms with van der Waals surface area (Å²) in [7, 11) is 1.45. The van der Waals surface area contributed by atoms with Crippen LogP contribution in [0.2, 0.25) is 0 Å². The Balaban J connectivity index is 0.00000128. The van der Waals surface area contributed by atoms with Gasteiger partial charge < -0.3 is 10.6 Å². The number of aromatic nitrogens is 2. The molecule has 0 saturated carbocycles. The Labute approximate surface area is 98.5 Å². The molecule has 0 radical (unpaired) electrons. The van der Waals surface area contributed by atoms with Crippen LogP contribution in [0.5, 0.6) is 0 Å². The Kier molecular flexibility index (Phi) is 3.77. The first kappa shape index (κ1) is 12.8. The summed E-state index contributed by atoms with van der Waals surface area (Å²) in [6, 6.07) is 1.55. The monoisotopic (exact) mass is 246 g/mol. The second kappa shape index (κ2) is 4.71. The fourth-order valence-corrected chi connectivity index (χ4v) is 1.72. The number of nitrogens with zero attached hydrogens (tertiary/aromatic N) is 2. The topological polar surface area (TPSA) is 84.1 Å².